The fraction of sp³-hybridized carbons (Fsp3) is 0.727. The van der Waals surface area contributed by atoms with E-state index in [1.54, 1.807) is 6.08 Å². The second kappa shape index (κ2) is 3.52. The van der Waals surface area contributed by atoms with E-state index in [2.05, 4.69) is 12.2 Å². The van der Waals surface area contributed by atoms with Gasteiger partial charge in [-0.05, 0) is 24.7 Å². The summed E-state index contributed by atoms with van der Waals surface area (Å²) in [6, 6.07) is 0. The zero-order valence-electron chi connectivity index (χ0n) is 8.18. The summed E-state index contributed by atoms with van der Waals surface area (Å²) in [6.45, 7) is 3.33. The molecule has 2 aliphatic carbocycles. The number of allylic oxidation sites excluding steroid dienone is 2. The van der Waals surface area contributed by atoms with Crippen LogP contribution in [0.3, 0.4) is 0 Å². The van der Waals surface area contributed by atoms with Crippen molar-refractivity contribution < 1.29 is 4.79 Å². The third kappa shape index (κ3) is 2.11. The van der Waals surface area contributed by atoms with Gasteiger partial charge in [-0.3, -0.25) is 4.79 Å². The molecule has 0 radical (unpaired) electrons. The fourth-order valence-corrected chi connectivity index (χ4v) is 2.06. The average molecular weight is 179 g/mol. The molecular weight excluding hydrogens is 162 g/mol. The number of carbonyl (C=O) groups is 1. The lowest BCUT2D eigenvalue weighted by Gasteiger charge is -2.04. The van der Waals surface area contributed by atoms with E-state index in [1.165, 1.54) is 12.8 Å². The molecule has 0 aromatic rings. The molecule has 0 amide bonds. The molecule has 2 atom stereocenters. The van der Waals surface area contributed by atoms with E-state index in [0.29, 0.717) is 6.42 Å². The zero-order chi connectivity index (χ0) is 9.26. The maximum atomic E-state index is 10.9. The average Bonchev–Trinajstić information content (AvgIpc) is 2.78. The first-order valence-corrected chi connectivity index (χ1v) is 5.27. The van der Waals surface area contributed by atoms with Gasteiger partial charge in [0.05, 0.1) is 0 Å². The van der Waals surface area contributed by atoms with Crippen LogP contribution in [0.15, 0.2) is 11.8 Å². The van der Waals surface area contributed by atoms with Gasteiger partial charge in [-0.2, -0.15) is 0 Å². The van der Waals surface area contributed by atoms with Gasteiger partial charge in [-0.1, -0.05) is 13.3 Å². The van der Waals surface area contributed by atoms with Crippen molar-refractivity contribution in [2.45, 2.75) is 32.6 Å². The Kier molecular flexibility index (Phi) is 2.38. The van der Waals surface area contributed by atoms with Crippen LogP contribution < -0.4 is 5.32 Å². The minimum Gasteiger partial charge on any atom is -0.388 e. The topological polar surface area (TPSA) is 29.1 Å². The van der Waals surface area contributed by atoms with Gasteiger partial charge in [0.25, 0.3) is 0 Å². The monoisotopic (exact) mass is 179 g/mol. The van der Waals surface area contributed by atoms with Crippen molar-refractivity contribution in [2.75, 3.05) is 6.54 Å². The van der Waals surface area contributed by atoms with E-state index in [1.807, 2.05) is 0 Å². The number of nitrogens with one attached hydrogen (secondary N) is 1. The second-order valence-electron chi connectivity index (χ2n) is 4.18. The van der Waals surface area contributed by atoms with Crippen LogP contribution >= 0.6 is 0 Å². The first-order valence-electron chi connectivity index (χ1n) is 5.27. The highest BCUT2D eigenvalue weighted by Gasteiger charge is 2.34. The van der Waals surface area contributed by atoms with Gasteiger partial charge >= 0.3 is 0 Å². The largest absolute Gasteiger partial charge is 0.388 e. The van der Waals surface area contributed by atoms with Crippen molar-refractivity contribution in [3.8, 4) is 0 Å². The van der Waals surface area contributed by atoms with Gasteiger partial charge in [0.2, 0.25) is 0 Å². The van der Waals surface area contributed by atoms with E-state index < -0.39 is 0 Å². The Morgan fingerprint density at radius 3 is 2.85 bits per heavy atom. The summed E-state index contributed by atoms with van der Waals surface area (Å²) in [5.41, 5.74) is 1.16. The summed E-state index contributed by atoms with van der Waals surface area (Å²) in [5, 5.41) is 3.38. The van der Waals surface area contributed by atoms with Crippen LogP contribution in [0.5, 0.6) is 0 Å². The Balaban J connectivity index is 1.69. The maximum Gasteiger partial charge on any atom is 0.157 e. The van der Waals surface area contributed by atoms with Crippen molar-refractivity contribution in [2.24, 2.45) is 11.8 Å². The van der Waals surface area contributed by atoms with Crippen LogP contribution in [0, 0.1) is 11.8 Å². The van der Waals surface area contributed by atoms with Gasteiger partial charge in [-0.25, -0.2) is 0 Å². The molecule has 13 heavy (non-hydrogen) atoms. The Hall–Kier alpha value is -0.790. The van der Waals surface area contributed by atoms with Crippen LogP contribution in [0.25, 0.3) is 0 Å². The van der Waals surface area contributed by atoms with Gasteiger partial charge in [0, 0.05) is 24.7 Å². The van der Waals surface area contributed by atoms with Crippen molar-refractivity contribution in [1.29, 1.82) is 0 Å². The van der Waals surface area contributed by atoms with Gasteiger partial charge in [-0.15, -0.1) is 0 Å². The summed E-state index contributed by atoms with van der Waals surface area (Å²) in [5.74, 6) is 2.11. The molecule has 0 saturated heterocycles. The lowest BCUT2D eigenvalue weighted by atomic mass is 10.2. The third-order valence-corrected chi connectivity index (χ3v) is 3.16. The van der Waals surface area contributed by atoms with Crippen LogP contribution in [0.2, 0.25) is 0 Å². The lowest BCUT2D eigenvalue weighted by molar-refractivity contribution is -0.114. The maximum absolute atomic E-state index is 10.9. The summed E-state index contributed by atoms with van der Waals surface area (Å²) < 4.78 is 0. The molecule has 2 unspecified atom stereocenters. The van der Waals surface area contributed by atoms with Crippen LogP contribution in [0.4, 0.5) is 0 Å². The fourth-order valence-electron chi connectivity index (χ4n) is 2.06. The molecule has 0 aromatic carbocycles. The van der Waals surface area contributed by atoms with E-state index in [4.69, 9.17) is 0 Å². The first kappa shape index (κ1) is 8.79. The molecule has 72 valence electrons. The molecule has 2 heteroatoms. The highest BCUT2D eigenvalue weighted by atomic mass is 16.1. The summed E-state index contributed by atoms with van der Waals surface area (Å²) in [6.07, 6.45) is 6.10. The smallest absolute Gasteiger partial charge is 0.157 e. The van der Waals surface area contributed by atoms with Crippen molar-refractivity contribution in [1.82, 2.24) is 5.32 Å². The molecule has 0 spiro atoms. The molecule has 0 aromatic heterocycles. The van der Waals surface area contributed by atoms with Gasteiger partial charge in [0.1, 0.15) is 0 Å². The number of rotatable bonds is 4. The van der Waals surface area contributed by atoms with Crippen molar-refractivity contribution in [3.05, 3.63) is 11.8 Å². The Bertz CT molecular complexity index is 244. The molecule has 1 fully saturated rings. The molecule has 2 aliphatic rings. The standard InChI is InChI=1S/C11H17NO/c1-2-8-5-9(8)7-12-10-3-4-11(13)6-10/h6,8-9,12H,2-5,7H2,1H3. The van der Waals surface area contributed by atoms with E-state index >= 15 is 0 Å². The van der Waals surface area contributed by atoms with Gasteiger partial charge < -0.3 is 5.32 Å². The normalized spacial score (nSPS) is 31.8. The second-order valence-corrected chi connectivity index (χ2v) is 4.18. The summed E-state index contributed by atoms with van der Waals surface area (Å²) in [4.78, 5) is 10.9. The SMILES string of the molecule is CCC1CC1CNC1=CC(=O)CC1. The molecule has 0 aliphatic heterocycles. The van der Waals surface area contributed by atoms with E-state index in [0.717, 1.165) is 30.5 Å². The number of ketones is 1. The summed E-state index contributed by atoms with van der Waals surface area (Å²) in [7, 11) is 0. The minimum atomic E-state index is 0.283. The van der Waals surface area contributed by atoms with Crippen LogP contribution in [0.1, 0.15) is 32.6 Å². The van der Waals surface area contributed by atoms with Gasteiger partial charge in [0.15, 0.2) is 5.78 Å². The van der Waals surface area contributed by atoms with Crippen molar-refractivity contribution in [3.63, 3.8) is 0 Å². The predicted molar refractivity (Wildman–Crippen MR) is 52.2 cm³/mol. The molecule has 2 nitrogen and oxygen atoms in total. The van der Waals surface area contributed by atoms with E-state index in [-0.39, 0.29) is 5.78 Å². The minimum absolute atomic E-state index is 0.283. The quantitative estimate of drug-likeness (QED) is 0.713. The summed E-state index contributed by atoms with van der Waals surface area (Å²) >= 11 is 0. The zero-order valence-corrected chi connectivity index (χ0v) is 8.18. The van der Waals surface area contributed by atoms with E-state index in [9.17, 15) is 4.79 Å². The Labute approximate surface area is 79.4 Å². The van der Waals surface area contributed by atoms with Crippen LogP contribution in [-0.2, 0) is 4.79 Å². The molecule has 1 N–H and O–H groups in total. The molecule has 0 bridgehead atoms. The number of hydrogen-bond donors (Lipinski definition) is 1. The first-order chi connectivity index (χ1) is 6.29. The molecule has 0 heterocycles. The predicted octanol–water partition coefficient (Wildman–Crippen LogP) is 1.87. The molecule has 2 rings (SSSR count). The molecule has 1 saturated carbocycles. The number of carbonyl (C=O) groups excluding carboxylic acids is 1. The van der Waals surface area contributed by atoms with Crippen LogP contribution in [-0.4, -0.2) is 12.3 Å². The lowest BCUT2D eigenvalue weighted by Crippen LogP contribution is -2.15. The highest BCUT2D eigenvalue weighted by Crippen LogP contribution is 2.40. The highest BCUT2D eigenvalue weighted by molar-refractivity contribution is 5.92. The van der Waals surface area contributed by atoms with Crippen molar-refractivity contribution >= 4 is 5.78 Å². The molecular formula is C11H17NO. The number of hydrogen-bond acceptors (Lipinski definition) is 2. The third-order valence-electron chi connectivity index (χ3n) is 3.16. The Morgan fingerprint density at radius 1 is 1.46 bits per heavy atom. The Morgan fingerprint density at radius 2 is 2.31 bits per heavy atom.